The van der Waals surface area contributed by atoms with Gasteiger partial charge < -0.3 is 10.8 Å². The zero-order chi connectivity index (χ0) is 8.15. The van der Waals surface area contributed by atoms with Gasteiger partial charge >= 0.3 is 6.16 Å². The first-order chi connectivity index (χ1) is 4.54. The van der Waals surface area contributed by atoms with Gasteiger partial charge in [0.2, 0.25) is 0 Å². The van der Waals surface area contributed by atoms with Gasteiger partial charge in [-0.3, -0.25) is 4.84 Å². The average molecular weight is 149 g/mol. The van der Waals surface area contributed by atoms with E-state index in [1.165, 1.54) is 0 Å². The van der Waals surface area contributed by atoms with Crippen molar-refractivity contribution in [1.29, 1.82) is 0 Å². The second-order valence-electron chi connectivity index (χ2n) is 1.21. The summed E-state index contributed by atoms with van der Waals surface area (Å²) in [5, 5.41) is 11.1. The summed E-state index contributed by atoms with van der Waals surface area (Å²) in [6.07, 6.45) is -1.59. The highest BCUT2D eigenvalue weighted by molar-refractivity contribution is 5.76. The van der Waals surface area contributed by atoms with Crippen molar-refractivity contribution in [3.05, 3.63) is 0 Å². The maximum atomic E-state index is 9.64. The topological polar surface area (TPSA) is 140 Å². The first kappa shape index (κ1) is 8.46. The first-order valence-electron chi connectivity index (χ1n) is 2.07. The molecule has 0 saturated heterocycles. The number of rotatable bonds is 1. The van der Waals surface area contributed by atoms with Crippen LogP contribution in [0.15, 0.2) is 5.16 Å². The molecule has 0 aliphatic carbocycles. The van der Waals surface area contributed by atoms with E-state index in [-0.39, 0.29) is 0 Å². The number of hydrogen-bond acceptors (Lipinski definition) is 5. The Labute approximate surface area is 55.7 Å². The van der Waals surface area contributed by atoms with E-state index in [1.54, 1.807) is 0 Å². The zero-order valence-electron chi connectivity index (χ0n) is 4.89. The minimum absolute atomic E-state index is 0.420. The lowest BCUT2D eigenvalue weighted by Crippen LogP contribution is -2.48. The summed E-state index contributed by atoms with van der Waals surface area (Å²) < 4.78 is 0. The molecule has 0 bridgehead atoms. The predicted molar refractivity (Wildman–Crippen MR) is 30.9 cm³/mol. The van der Waals surface area contributed by atoms with Crippen LogP contribution < -0.4 is 17.4 Å². The van der Waals surface area contributed by atoms with Crippen molar-refractivity contribution in [2.24, 2.45) is 22.6 Å². The molecule has 0 rings (SSSR count). The maximum absolute atomic E-state index is 9.64. The van der Waals surface area contributed by atoms with Crippen LogP contribution in [0.2, 0.25) is 0 Å². The van der Waals surface area contributed by atoms with Gasteiger partial charge in [0.1, 0.15) is 0 Å². The minimum atomic E-state index is -1.59. The summed E-state index contributed by atoms with van der Waals surface area (Å²) >= 11 is 0. The molecule has 0 aliphatic heterocycles. The fraction of sp³-hybridized carbons (Fsp3) is 0. The second-order valence-corrected chi connectivity index (χ2v) is 1.21. The van der Waals surface area contributed by atoms with Gasteiger partial charge in [-0.1, -0.05) is 0 Å². The Bertz CT molecular complexity index is 153. The number of carboxylic acid groups (broad SMARTS) is 1. The molecule has 0 saturated carbocycles. The Hall–Kier alpha value is -1.54. The number of oxime groups is 1. The molecule has 0 aliphatic rings. The average Bonchev–Trinajstić information content (AvgIpc) is 1.82. The first-order valence-corrected chi connectivity index (χ1v) is 2.07. The van der Waals surface area contributed by atoms with E-state index in [9.17, 15) is 4.79 Å². The third-order valence-electron chi connectivity index (χ3n) is 0.482. The molecule has 0 fully saturated rings. The molecule has 10 heavy (non-hydrogen) atoms. The Kier molecular flexibility index (Phi) is 2.94. The van der Waals surface area contributed by atoms with Gasteiger partial charge in [-0.05, 0) is 5.16 Å². The fourth-order valence-corrected chi connectivity index (χ4v) is 0.133. The normalized spacial score (nSPS) is 10.8. The van der Waals surface area contributed by atoms with Crippen LogP contribution >= 0.6 is 0 Å². The van der Waals surface area contributed by atoms with Crippen molar-refractivity contribution < 1.29 is 14.7 Å². The van der Waals surface area contributed by atoms with Crippen molar-refractivity contribution >= 4 is 12.1 Å². The van der Waals surface area contributed by atoms with Crippen LogP contribution in [-0.2, 0) is 4.84 Å². The number of nitrogens with zero attached hydrogens (tertiary/aromatic N) is 2. The molecule has 0 aromatic rings. The number of nitrogens with two attached hydrogens (primary N) is 3. The third kappa shape index (κ3) is 3.46. The number of hydrogen-bond donors (Lipinski definition) is 4. The number of carbonyl (C=O) groups is 1. The van der Waals surface area contributed by atoms with Gasteiger partial charge in [-0.15, -0.1) is 0 Å². The Morgan fingerprint density at radius 2 is 2.10 bits per heavy atom. The maximum Gasteiger partial charge on any atom is 0.532 e. The molecule has 7 N–H and O–H groups in total. The number of guanidine groups is 1. The lowest BCUT2D eigenvalue weighted by Gasteiger charge is -2.06. The molecule has 8 nitrogen and oxygen atoms in total. The van der Waals surface area contributed by atoms with Crippen molar-refractivity contribution in [3.8, 4) is 0 Å². The molecule has 0 unspecified atom stereocenters. The minimum Gasteiger partial charge on any atom is -0.448 e. The summed E-state index contributed by atoms with van der Waals surface area (Å²) in [5.41, 5.74) is 4.90. The monoisotopic (exact) mass is 149 g/mol. The van der Waals surface area contributed by atoms with E-state index in [1.807, 2.05) is 0 Å². The van der Waals surface area contributed by atoms with Crippen molar-refractivity contribution in [3.63, 3.8) is 0 Å². The van der Waals surface area contributed by atoms with E-state index < -0.39 is 12.1 Å². The molecular formula is C2H7N5O3. The summed E-state index contributed by atoms with van der Waals surface area (Å²) in [5.74, 6) is 9.17. The van der Waals surface area contributed by atoms with Crippen LogP contribution in [0.25, 0.3) is 0 Å². The summed E-state index contributed by atoms with van der Waals surface area (Å²) in [6, 6.07) is 0. The van der Waals surface area contributed by atoms with Crippen molar-refractivity contribution in [1.82, 2.24) is 5.12 Å². The molecule has 0 heterocycles. The highest BCUT2D eigenvalue weighted by Gasteiger charge is 1.98. The third-order valence-corrected chi connectivity index (χ3v) is 0.482. The largest absolute Gasteiger partial charge is 0.532 e. The van der Waals surface area contributed by atoms with Gasteiger partial charge in [0, 0.05) is 0 Å². The quantitative estimate of drug-likeness (QED) is 0.111. The van der Waals surface area contributed by atoms with Crippen LogP contribution in [0.3, 0.4) is 0 Å². The predicted octanol–water partition coefficient (Wildman–Crippen LogP) is -2.04. The van der Waals surface area contributed by atoms with Crippen LogP contribution in [-0.4, -0.2) is 22.3 Å². The van der Waals surface area contributed by atoms with Crippen LogP contribution in [0, 0.1) is 0 Å². The summed E-state index contributed by atoms with van der Waals surface area (Å²) in [7, 11) is 0. The Morgan fingerprint density at radius 1 is 1.60 bits per heavy atom. The zero-order valence-corrected chi connectivity index (χ0v) is 4.89. The van der Waals surface area contributed by atoms with Gasteiger partial charge in [0.15, 0.2) is 0 Å². The molecule has 0 amide bonds. The number of hydrazine groups is 2. The SMILES string of the molecule is N/C(=N\OC(=O)O)N(N)N. The van der Waals surface area contributed by atoms with Gasteiger partial charge in [-0.25, -0.2) is 21.6 Å². The highest BCUT2D eigenvalue weighted by Crippen LogP contribution is 1.76. The standard InChI is InChI=1S/C2H7N5O3/c3-1(7(4)5)6-10-2(8)9/h4-5H2,(H2,3,6)(H,8,9). The fourth-order valence-electron chi connectivity index (χ4n) is 0.133. The van der Waals surface area contributed by atoms with Gasteiger partial charge in [-0.2, -0.15) is 0 Å². The molecule has 58 valence electrons. The smallest absolute Gasteiger partial charge is 0.448 e. The molecule has 0 spiro atoms. The molecular weight excluding hydrogens is 142 g/mol. The van der Waals surface area contributed by atoms with E-state index in [2.05, 4.69) is 9.99 Å². The summed E-state index contributed by atoms with van der Waals surface area (Å²) in [4.78, 5) is 13.3. The highest BCUT2D eigenvalue weighted by atomic mass is 16.7. The summed E-state index contributed by atoms with van der Waals surface area (Å²) in [6.45, 7) is 0. The van der Waals surface area contributed by atoms with E-state index >= 15 is 0 Å². The van der Waals surface area contributed by atoms with Gasteiger partial charge in [0.05, 0.1) is 0 Å². The van der Waals surface area contributed by atoms with E-state index in [0.29, 0.717) is 5.12 Å². The van der Waals surface area contributed by atoms with Crippen molar-refractivity contribution in [2.45, 2.75) is 0 Å². The molecule has 0 aromatic heterocycles. The molecule has 0 radical (unpaired) electrons. The van der Waals surface area contributed by atoms with Crippen LogP contribution in [0.4, 0.5) is 4.79 Å². The van der Waals surface area contributed by atoms with E-state index in [0.717, 1.165) is 0 Å². The van der Waals surface area contributed by atoms with Gasteiger partial charge in [0.25, 0.3) is 5.96 Å². The molecule has 0 aromatic carbocycles. The van der Waals surface area contributed by atoms with E-state index in [4.69, 9.17) is 22.5 Å². The lowest BCUT2D eigenvalue weighted by molar-refractivity contribution is 0.0929. The molecule has 8 heteroatoms. The van der Waals surface area contributed by atoms with Crippen LogP contribution in [0.5, 0.6) is 0 Å². The van der Waals surface area contributed by atoms with Crippen LogP contribution in [0.1, 0.15) is 0 Å². The van der Waals surface area contributed by atoms with Crippen molar-refractivity contribution in [2.75, 3.05) is 0 Å². The lowest BCUT2D eigenvalue weighted by atomic mass is 11.0. The second kappa shape index (κ2) is 3.48. The Balaban J connectivity index is 3.80. The Morgan fingerprint density at radius 3 is 2.40 bits per heavy atom. The molecule has 0 atom stereocenters.